The molecule has 0 aliphatic carbocycles. The number of hydrogen-bond acceptors (Lipinski definition) is 3. The molecule has 1 aromatic heterocycles. The number of rotatable bonds is 6. The van der Waals surface area contributed by atoms with E-state index in [1.807, 2.05) is 0 Å². The second-order valence-corrected chi connectivity index (χ2v) is 7.09. The standard InChI is InChI=1S/C21H16Cl2FN3O2/c22-17-6-2-4-15(19(17)23)12-27(21(29)14-3-1-5-16(24)9-14)11-13-7-8-18(20(25)28)26-10-13/h1-10H,11-12H2,(H2,25,28). The Morgan fingerprint density at radius 1 is 1.03 bits per heavy atom. The number of carbonyl (C=O) groups excluding carboxylic acids is 2. The number of halogens is 3. The number of pyridine rings is 1. The van der Waals surface area contributed by atoms with Gasteiger partial charge >= 0.3 is 0 Å². The second-order valence-electron chi connectivity index (χ2n) is 6.30. The smallest absolute Gasteiger partial charge is 0.267 e. The molecule has 0 unspecified atom stereocenters. The van der Waals surface area contributed by atoms with Gasteiger partial charge in [-0.3, -0.25) is 14.6 Å². The predicted molar refractivity (Wildman–Crippen MR) is 109 cm³/mol. The molecular formula is C21H16Cl2FN3O2. The maximum atomic E-state index is 13.6. The van der Waals surface area contributed by atoms with Gasteiger partial charge in [0.15, 0.2) is 0 Å². The van der Waals surface area contributed by atoms with Crippen LogP contribution in [0.25, 0.3) is 0 Å². The van der Waals surface area contributed by atoms with Crippen molar-refractivity contribution < 1.29 is 14.0 Å². The highest BCUT2D eigenvalue weighted by Crippen LogP contribution is 2.27. The molecule has 3 rings (SSSR count). The molecule has 0 fully saturated rings. The van der Waals surface area contributed by atoms with E-state index in [-0.39, 0.29) is 30.3 Å². The molecule has 3 aromatic rings. The minimum absolute atomic E-state index is 0.120. The SMILES string of the molecule is NC(=O)c1ccc(CN(Cc2cccc(Cl)c2Cl)C(=O)c2cccc(F)c2)cn1. The molecule has 29 heavy (non-hydrogen) atoms. The minimum atomic E-state index is -0.644. The van der Waals surface area contributed by atoms with E-state index in [0.29, 0.717) is 21.2 Å². The van der Waals surface area contributed by atoms with Crippen molar-refractivity contribution in [2.75, 3.05) is 0 Å². The molecule has 0 saturated carbocycles. The lowest BCUT2D eigenvalue weighted by Gasteiger charge is -2.24. The first kappa shape index (κ1) is 20.8. The monoisotopic (exact) mass is 431 g/mol. The lowest BCUT2D eigenvalue weighted by Crippen LogP contribution is -2.30. The van der Waals surface area contributed by atoms with Crippen LogP contribution in [0.2, 0.25) is 10.0 Å². The van der Waals surface area contributed by atoms with Gasteiger partial charge in [-0.2, -0.15) is 0 Å². The number of nitrogens with zero attached hydrogens (tertiary/aromatic N) is 2. The molecule has 0 atom stereocenters. The fourth-order valence-corrected chi connectivity index (χ4v) is 3.14. The van der Waals surface area contributed by atoms with Crippen molar-refractivity contribution in [3.05, 3.63) is 99.0 Å². The van der Waals surface area contributed by atoms with E-state index < -0.39 is 11.7 Å². The van der Waals surface area contributed by atoms with Crippen LogP contribution in [0.3, 0.4) is 0 Å². The summed E-state index contributed by atoms with van der Waals surface area (Å²) < 4.78 is 13.6. The van der Waals surface area contributed by atoms with Crippen LogP contribution in [0.15, 0.2) is 60.8 Å². The summed E-state index contributed by atoms with van der Waals surface area (Å²) in [7, 11) is 0. The largest absolute Gasteiger partial charge is 0.364 e. The van der Waals surface area contributed by atoms with Crippen molar-refractivity contribution in [3.8, 4) is 0 Å². The van der Waals surface area contributed by atoms with E-state index in [2.05, 4.69) is 4.98 Å². The Kier molecular flexibility index (Phi) is 6.46. The summed E-state index contributed by atoms with van der Waals surface area (Å²) >= 11 is 12.4. The van der Waals surface area contributed by atoms with Crippen molar-refractivity contribution >= 4 is 35.0 Å². The topological polar surface area (TPSA) is 76.3 Å². The highest BCUT2D eigenvalue weighted by molar-refractivity contribution is 6.42. The molecule has 0 bridgehead atoms. The van der Waals surface area contributed by atoms with Crippen LogP contribution in [0.5, 0.6) is 0 Å². The van der Waals surface area contributed by atoms with Gasteiger partial charge in [-0.05, 0) is 41.5 Å². The molecule has 0 aliphatic rings. The first-order valence-corrected chi connectivity index (χ1v) is 9.33. The Morgan fingerprint density at radius 3 is 2.45 bits per heavy atom. The van der Waals surface area contributed by atoms with E-state index in [0.717, 1.165) is 0 Å². The maximum Gasteiger partial charge on any atom is 0.267 e. The van der Waals surface area contributed by atoms with Gasteiger partial charge in [0.25, 0.3) is 11.8 Å². The number of amides is 2. The van der Waals surface area contributed by atoms with Crippen molar-refractivity contribution in [2.45, 2.75) is 13.1 Å². The van der Waals surface area contributed by atoms with Gasteiger partial charge in [-0.25, -0.2) is 4.39 Å². The molecule has 2 N–H and O–H groups in total. The first-order chi connectivity index (χ1) is 13.8. The normalized spacial score (nSPS) is 10.6. The van der Waals surface area contributed by atoms with Crippen LogP contribution in [0.1, 0.15) is 32.0 Å². The van der Waals surface area contributed by atoms with Gasteiger partial charge in [-0.15, -0.1) is 0 Å². The predicted octanol–water partition coefficient (Wildman–Crippen LogP) is 4.47. The number of benzene rings is 2. The number of carbonyl (C=O) groups is 2. The Labute approximate surface area is 176 Å². The molecule has 0 radical (unpaired) electrons. The third kappa shape index (κ3) is 5.10. The molecule has 0 saturated heterocycles. The molecule has 2 amide bonds. The van der Waals surface area contributed by atoms with Gasteiger partial charge in [-0.1, -0.05) is 47.5 Å². The molecule has 0 spiro atoms. The van der Waals surface area contributed by atoms with Gasteiger partial charge < -0.3 is 10.6 Å². The summed E-state index contributed by atoms with van der Waals surface area (Å²) in [5, 5.41) is 0.711. The summed E-state index contributed by atoms with van der Waals surface area (Å²) in [6.45, 7) is 0.302. The summed E-state index contributed by atoms with van der Waals surface area (Å²) in [6.07, 6.45) is 1.46. The molecular weight excluding hydrogens is 416 g/mol. The van der Waals surface area contributed by atoms with Crippen molar-refractivity contribution in [2.24, 2.45) is 5.73 Å². The molecule has 1 heterocycles. The van der Waals surface area contributed by atoms with Crippen LogP contribution in [0.4, 0.5) is 4.39 Å². The number of aromatic nitrogens is 1. The fourth-order valence-electron chi connectivity index (χ4n) is 2.76. The quantitative estimate of drug-likeness (QED) is 0.625. The van der Waals surface area contributed by atoms with Gasteiger partial charge in [0.1, 0.15) is 11.5 Å². The minimum Gasteiger partial charge on any atom is -0.364 e. The first-order valence-electron chi connectivity index (χ1n) is 8.57. The van der Waals surface area contributed by atoms with Crippen molar-refractivity contribution in [1.82, 2.24) is 9.88 Å². The molecule has 148 valence electrons. The third-order valence-electron chi connectivity index (χ3n) is 4.20. The molecule has 8 heteroatoms. The van der Waals surface area contributed by atoms with Crippen molar-refractivity contribution in [1.29, 1.82) is 0 Å². The van der Waals surface area contributed by atoms with E-state index >= 15 is 0 Å². The van der Waals surface area contributed by atoms with Crippen LogP contribution < -0.4 is 5.73 Å². The van der Waals surface area contributed by atoms with Crippen LogP contribution in [0, 0.1) is 5.82 Å². The zero-order valence-electron chi connectivity index (χ0n) is 15.1. The van der Waals surface area contributed by atoms with Gasteiger partial charge in [0.05, 0.1) is 10.0 Å². The van der Waals surface area contributed by atoms with Gasteiger partial charge in [0.2, 0.25) is 0 Å². The van der Waals surface area contributed by atoms with E-state index in [9.17, 15) is 14.0 Å². The Balaban J connectivity index is 1.93. The Hall–Kier alpha value is -2.96. The van der Waals surface area contributed by atoms with Crippen LogP contribution >= 0.6 is 23.2 Å². The average molecular weight is 432 g/mol. The average Bonchev–Trinajstić information content (AvgIpc) is 2.70. The molecule has 0 aliphatic heterocycles. The third-order valence-corrected chi connectivity index (χ3v) is 5.06. The zero-order chi connectivity index (χ0) is 21.0. The van der Waals surface area contributed by atoms with E-state index in [4.69, 9.17) is 28.9 Å². The fraction of sp³-hybridized carbons (Fsp3) is 0.0952. The molecule has 5 nitrogen and oxygen atoms in total. The summed E-state index contributed by atoms with van der Waals surface area (Å²) in [5.74, 6) is -1.54. The van der Waals surface area contributed by atoms with E-state index in [1.165, 1.54) is 41.4 Å². The summed E-state index contributed by atoms with van der Waals surface area (Å²) in [4.78, 5) is 29.8. The highest BCUT2D eigenvalue weighted by atomic mass is 35.5. The van der Waals surface area contributed by atoms with Crippen LogP contribution in [-0.4, -0.2) is 21.7 Å². The highest BCUT2D eigenvalue weighted by Gasteiger charge is 2.19. The van der Waals surface area contributed by atoms with Crippen molar-refractivity contribution in [3.63, 3.8) is 0 Å². The van der Waals surface area contributed by atoms with E-state index in [1.54, 1.807) is 24.3 Å². The zero-order valence-corrected chi connectivity index (χ0v) is 16.6. The number of hydrogen-bond donors (Lipinski definition) is 1. The molecule has 2 aromatic carbocycles. The Bertz CT molecular complexity index is 1060. The summed E-state index contributed by atoms with van der Waals surface area (Å²) in [5.41, 5.74) is 6.84. The maximum absolute atomic E-state index is 13.6. The number of nitrogens with two attached hydrogens (primary N) is 1. The summed E-state index contributed by atoms with van der Waals surface area (Å²) in [6, 6.07) is 13.7. The Morgan fingerprint density at radius 2 is 1.79 bits per heavy atom. The van der Waals surface area contributed by atoms with Crippen LogP contribution in [-0.2, 0) is 13.1 Å². The van der Waals surface area contributed by atoms with Gasteiger partial charge in [0, 0.05) is 24.8 Å². The second kappa shape index (κ2) is 9.03. The lowest BCUT2D eigenvalue weighted by molar-refractivity contribution is 0.0729. The number of primary amides is 1. The lowest BCUT2D eigenvalue weighted by atomic mass is 10.1.